The van der Waals surface area contributed by atoms with E-state index in [9.17, 15) is 4.79 Å². The Balaban J connectivity index is 1.42. The standard InChI is InChI=1S/C20H28N4O2/c1-20(2,3)17-13-19(26-22-17)21-18(25)15-24-11-9-23(10-12-24)14-16-7-5-4-6-8-16/h4-8,13H,9-12,14-15H2,1-3H3,(H,21,25). The van der Waals surface area contributed by atoms with Crippen LogP contribution in [0.5, 0.6) is 0 Å². The van der Waals surface area contributed by atoms with E-state index in [-0.39, 0.29) is 11.3 Å². The molecule has 6 heteroatoms. The molecule has 0 spiro atoms. The highest BCUT2D eigenvalue weighted by Crippen LogP contribution is 2.23. The van der Waals surface area contributed by atoms with Crippen LogP contribution in [0.2, 0.25) is 0 Å². The molecule has 1 N–H and O–H groups in total. The van der Waals surface area contributed by atoms with Crippen molar-refractivity contribution in [1.82, 2.24) is 15.0 Å². The second kappa shape index (κ2) is 8.01. The topological polar surface area (TPSA) is 61.6 Å². The average Bonchev–Trinajstić information content (AvgIpc) is 3.06. The number of amides is 1. The van der Waals surface area contributed by atoms with Crippen molar-refractivity contribution >= 4 is 11.8 Å². The molecule has 0 aliphatic carbocycles. The van der Waals surface area contributed by atoms with Crippen LogP contribution in [0.4, 0.5) is 5.88 Å². The van der Waals surface area contributed by atoms with Crippen LogP contribution in [0.1, 0.15) is 32.0 Å². The summed E-state index contributed by atoms with van der Waals surface area (Å²) in [7, 11) is 0. The fourth-order valence-corrected chi connectivity index (χ4v) is 3.01. The van der Waals surface area contributed by atoms with Crippen LogP contribution in [-0.4, -0.2) is 53.6 Å². The van der Waals surface area contributed by atoms with Crippen LogP contribution < -0.4 is 5.32 Å². The van der Waals surface area contributed by atoms with Crippen molar-refractivity contribution in [2.75, 3.05) is 38.0 Å². The van der Waals surface area contributed by atoms with Gasteiger partial charge in [-0.15, -0.1) is 0 Å². The zero-order valence-corrected chi connectivity index (χ0v) is 15.9. The summed E-state index contributed by atoms with van der Waals surface area (Å²) in [5.41, 5.74) is 2.07. The van der Waals surface area contributed by atoms with Crippen molar-refractivity contribution in [3.05, 3.63) is 47.7 Å². The Labute approximate surface area is 155 Å². The molecule has 1 aromatic carbocycles. The van der Waals surface area contributed by atoms with E-state index in [0.717, 1.165) is 38.4 Å². The molecule has 0 bridgehead atoms. The molecule has 0 radical (unpaired) electrons. The Morgan fingerprint density at radius 2 is 1.77 bits per heavy atom. The maximum Gasteiger partial charge on any atom is 0.240 e. The summed E-state index contributed by atoms with van der Waals surface area (Å²) in [6.45, 7) is 11.3. The molecule has 2 aromatic rings. The molecule has 140 valence electrons. The summed E-state index contributed by atoms with van der Waals surface area (Å²) < 4.78 is 5.23. The Morgan fingerprint density at radius 1 is 1.12 bits per heavy atom. The van der Waals surface area contributed by atoms with Gasteiger partial charge in [-0.25, -0.2) is 0 Å². The van der Waals surface area contributed by atoms with Crippen LogP contribution in [-0.2, 0) is 16.8 Å². The van der Waals surface area contributed by atoms with E-state index in [0.29, 0.717) is 12.4 Å². The minimum Gasteiger partial charge on any atom is -0.338 e. The largest absolute Gasteiger partial charge is 0.338 e. The van der Waals surface area contributed by atoms with E-state index in [1.165, 1.54) is 5.56 Å². The number of anilines is 1. The minimum absolute atomic E-state index is 0.0573. The van der Waals surface area contributed by atoms with Crippen LogP contribution >= 0.6 is 0 Å². The van der Waals surface area contributed by atoms with Gasteiger partial charge in [0.2, 0.25) is 11.8 Å². The van der Waals surface area contributed by atoms with Crippen LogP contribution in [0.25, 0.3) is 0 Å². The predicted octanol–water partition coefficient (Wildman–Crippen LogP) is 2.73. The lowest BCUT2D eigenvalue weighted by atomic mass is 9.92. The summed E-state index contributed by atoms with van der Waals surface area (Å²) in [6, 6.07) is 12.3. The van der Waals surface area contributed by atoms with Gasteiger partial charge in [-0.2, -0.15) is 0 Å². The first-order valence-corrected chi connectivity index (χ1v) is 9.16. The molecule has 1 saturated heterocycles. The van der Waals surface area contributed by atoms with Gasteiger partial charge in [0.1, 0.15) is 0 Å². The SMILES string of the molecule is CC(C)(C)c1cc(NC(=O)CN2CCN(Cc3ccccc3)CC2)on1. The van der Waals surface area contributed by atoms with Crippen molar-refractivity contribution in [3.8, 4) is 0 Å². The number of hydrogen-bond donors (Lipinski definition) is 1. The van der Waals surface area contributed by atoms with E-state index in [4.69, 9.17) is 4.52 Å². The van der Waals surface area contributed by atoms with Gasteiger partial charge >= 0.3 is 0 Å². The molecule has 1 aromatic heterocycles. The van der Waals surface area contributed by atoms with Gasteiger partial charge in [-0.1, -0.05) is 56.3 Å². The number of benzene rings is 1. The average molecular weight is 356 g/mol. The molecule has 1 fully saturated rings. The smallest absolute Gasteiger partial charge is 0.240 e. The predicted molar refractivity (Wildman–Crippen MR) is 102 cm³/mol. The molecule has 0 unspecified atom stereocenters. The Bertz CT molecular complexity index is 713. The number of hydrogen-bond acceptors (Lipinski definition) is 5. The fourth-order valence-electron chi connectivity index (χ4n) is 3.01. The summed E-state index contributed by atoms with van der Waals surface area (Å²) in [6.07, 6.45) is 0. The minimum atomic E-state index is -0.0957. The second-order valence-corrected chi connectivity index (χ2v) is 7.91. The summed E-state index contributed by atoms with van der Waals surface area (Å²) in [5, 5.41) is 6.84. The van der Waals surface area contributed by atoms with E-state index < -0.39 is 0 Å². The van der Waals surface area contributed by atoms with Gasteiger partial charge in [0.05, 0.1) is 12.2 Å². The molecule has 0 atom stereocenters. The lowest BCUT2D eigenvalue weighted by molar-refractivity contribution is -0.117. The number of rotatable bonds is 5. The number of carbonyl (C=O) groups is 1. The van der Waals surface area contributed by atoms with E-state index in [2.05, 4.69) is 65.3 Å². The third kappa shape index (κ3) is 5.16. The third-order valence-corrected chi connectivity index (χ3v) is 4.62. The molecule has 6 nitrogen and oxygen atoms in total. The highest BCUT2D eigenvalue weighted by molar-refractivity contribution is 5.91. The van der Waals surface area contributed by atoms with Gasteiger partial charge < -0.3 is 4.52 Å². The maximum absolute atomic E-state index is 12.3. The van der Waals surface area contributed by atoms with Gasteiger partial charge in [0, 0.05) is 44.2 Å². The van der Waals surface area contributed by atoms with Crippen molar-refractivity contribution in [2.45, 2.75) is 32.7 Å². The lowest BCUT2D eigenvalue weighted by Gasteiger charge is -2.34. The third-order valence-electron chi connectivity index (χ3n) is 4.62. The zero-order chi connectivity index (χ0) is 18.6. The normalized spacial score (nSPS) is 16.6. The maximum atomic E-state index is 12.3. The molecule has 0 saturated carbocycles. The van der Waals surface area contributed by atoms with Crippen LogP contribution in [0, 0.1) is 0 Å². The first-order chi connectivity index (χ1) is 12.4. The Kier molecular flexibility index (Phi) is 5.74. The number of piperazine rings is 1. The molecular formula is C20H28N4O2. The van der Waals surface area contributed by atoms with Crippen molar-refractivity contribution in [3.63, 3.8) is 0 Å². The number of nitrogens with zero attached hydrogens (tertiary/aromatic N) is 3. The molecule has 2 heterocycles. The molecular weight excluding hydrogens is 328 g/mol. The van der Waals surface area contributed by atoms with Gasteiger partial charge in [-0.3, -0.25) is 19.9 Å². The van der Waals surface area contributed by atoms with Crippen molar-refractivity contribution in [2.24, 2.45) is 0 Å². The van der Waals surface area contributed by atoms with Crippen molar-refractivity contribution in [1.29, 1.82) is 0 Å². The first-order valence-electron chi connectivity index (χ1n) is 9.16. The summed E-state index contributed by atoms with van der Waals surface area (Å²) in [4.78, 5) is 16.9. The Morgan fingerprint density at radius 3 is 2.38 bits per heavy atom. The van der Waals surface area contributed by atoms with Crippen LogP contribution in [0.15, 0.2) is 40.9 Å². The zero-order valence-electron chi connectivity index (χ0n) is 15.9. The lowest BCUT2D eigenvalue weighted by Crippen LogP contribution is -2.48. The summed E-state index contributed by atoms with van der Waals surface area (Å²) >= 11 is 0. The van der Waals surface area contributed by atoms with E-state index in [1.807, 2.05) is 6.07 Å². The van der Waals surface area contributed by atoms with E-state index in [1.54, 1.807) is 6.07 Å². The van der Waals surface area contributed by atoms with Gasteiger partial charge in [-0.05, 0) is 5.56 Å². The van der Waals surface area contributed by atoms with Gasteiger partial charge in [0.15, 0.2) is 0 Å². The highest BCUT2D eigenvalue weighted by Gasteiger charge is 2.22. The van der Waals surface area contributed by atoms with Gasteiger partial charge in [0.25, 0.3) is 0 Å². The van der Waals surface area contributed by atoms with Crippen molar-refractivity contribution < 1.29 is 9.32 Å². The Hall–Kier alpha value is -2.18. The molecule has 1 amide bonds. The first kappa shape index (κ1) is 18.6. The molecule has 26 heavy (non-hydrogen) atoms. The quantitative estimate of drug-likeness (QED) is 0.893. The number of nitrogens with one attached hydrogen (secondary N) is 1. The molecule has 3 rings (SSSR count). The fraction of sp³-hybridized carbons (Fsp3) is 0.500. The molecule has 1 aliphatic heterocycles. The van der Waals surface area contributed by atoms with Crippen LogP contribution in [0.3, 0.4) is 0 Å². The second-order valence-electron chi connectivity index (χ2n) is 7.91. The molecule has 1 aliphatic rings. The number of aromatic nitrogens is 1. The monoisotopic (exact) mass is 356 g/mol. The summed E-state index contributed by atoms with van der Waals surface area (Å²) in [5.74, 6) is 0.362. The highest BCUT2D eigenvalue weighted by atomic mass is 16.5. The number of carbonyl (C=O) groups excluding carboxylic acids is 1. The van der Waals surface area contributed by atoms with E-state index >= 15 is 0 Å².